The van der Waals surface area contributed by atoms with Gasteiger partial charge in [-0.2, -0.15) is 4.31 Å². The Bertz CT molecular complexity index is 727. The van der Waals surface area contributed by atoms with Gasteiger partial charge in [-0.25, -0.2) is 8.42 Å². The zero-order valence-electron chi connectivity index (χ0n) is 12.4. The first-order valence-corrected chi connectivity index (χ1v) is 8.45. The topological polar surface area (TPSA) is 130 Å². The zero-order chi connectivity index (χ0) is 17.2. The Morgan fingerprint density at radius 2 is 2.00 bits per heavy atom. The summed E-state index contributed by atoms with van der Waals surface area (Å²) >= 11 is 0. The van der Waals surface area contributed by atoms with Gasteiger partial charge in [-0.1, -0.05) is 0 Å². The van der Waals surface area contributed by atoms with Gasteiger partial charge in [0.1, 0.15) is 10.9 Å². The predicted octanol–water partition coefficient (Wildman–Crippen LogP) is 1.26. The molecule has 0 saturated carbocycles. The smallest absolute Gasteiger partial charge is 0.325 e. The number of nitro groups is 1. The lowest BCUT2D eigenvalue weighted by molar-refractivity contribution is -0.385. The lowest BCUT2D eigenvalue weighted by Gasteiger charge is -2.20. The first-order valence-electron chi connectivity index (χ1n) is 7.01. The molecule has 9 nitrogen and oxygen atoms in total. The molecule has 0 amide bonds. The minimum Gasteiger partial charge on any atom is -0.480 e. The third-order valence-corrected chi connectivity index (χ3v) is 5.54. The largest absolute Gasteiger partial charge is 0.480 e. The number of sulfonamides is 1. The summed E-state index contributed by atoms with van der Waals surface area (Å²) in [5.74, 6) is -1.16. The van der Waals surface area contributed by atoms with Gasteiger partial charge in [-0.15, -0.1) is 0 Å². The fraction of sp³-hybridized carbons (Fsp3) is 0.462. The van der Waals surface area contributed by atoms with Crippen LogP contribution in [-0.4, -0.2) is 47.9 Å². The minimum atomic E-state index is -3.92. The van der Waals surface area contributed by atoms with Crippen LogP contribution in [-0.2, 0) is 14.8 Å². The highest BCUT2D eigenvalue weighted by Crippen LogP contribution is 2.31. The number of carboxylic acid groups (broad SMARTS) is 1. The molecular formula is C13H17N3O6S. The molecule has 1 atom stereocenters. The number of nitrogens with zero attached hydrogens (tertiary/aromatic N) is 2. The van der Waals surface area contributed by atoms with Gasteiger partial charge in [0.15, 0.2) is 0 Å². The summed E-state index contributed by atoms with van der Waals surface area (Å²) in [6.07, 6.45) is 1.45. The molecule has 2 rings (SSSR count). The fourth-order valence-electron chi connectivity index (χ4n) is 2.32. The molecule has 1 aromatic rings. The Balaban J connectivity index is 2.50. The van der Waals surface area contributed by atoms with Crippen LogP contribution in [0.25, 0.3) is 0 Å². The van der Waals surface area contributed by atoms with Gasteiger partial charge in [0.2, 0.25) is 10.0 Å². The van der Waals surface area contributed by atoms with Crippen molar-refractivity contribution < 1.29 is 23.2 Å². The lowest BCUT2D eigenvalue weighted by Crippen LogP contribution is -2.30. The Labute approximate surface area is 133 Å². The Kier molecular flexibility index (Phi) is 4.85. The second kappa shape index (κ2) is 6.50. The highest BCUT2D eigenvalue weighted by molar-refractivity contribution is 7.89. The standard InChI is InChI=1S/C13H17N3O6S/c1-9(13(17)18)14-11-5-4-10(16(19)20)8-12(11)23(21,22)15-6-2-3-7-15/h4-5,8-9,14H,2-3,6-7H2,1H3,(H,17,18)/t9-/m1/s1. The third kappa shape index (κ3) is 3.59. The number of non-ortho nitro benzene ring substituents is 1. The van der Waals surface area contributed by atoms with Crippen LogP contribution in [0.2, 0.25) is 0 Å². The Morgan fingerprint density at radius 3 is 2.52 bits per heavy atom. The molecule has 1 aromatic carbocycles. The molecule has 1 aliphatic heterocycles. The first-order chi connectivity index (χ1) is 10.7. The molecular weight excluding hydrogens is 326 g/mol. The molecule has 1 saturated heterocycles. The van der Waals surface area contributed by atoms with Crippen LogP contribution in [0, 0.1) is 10.1 Å². The van der Waals surface area contributed by atoms with Gasteiger partial charge >= 0.3 is 5.97 Å². The normalized spacial score (nSPS) is 16.9. The molecule has 126 valence electrons. The lowest BCUT2D eigenvalue weighted by atomic mass is 10.2. The number of rotatable bonds is 6. The van der Waals surface area contributed by atoms with E-state index in [1.165, 1.54) is 17.3 Å². The highest BCUT2D eigenvalue weighted by Gasteiger charge is 2.31. The van der Waals surface area contributed by atoms with E-state index in [-0.39, 0.29) is 16.3 Å². The van der Waals surface area contributed by atoms with E-state index in [0.717, 1.165) is 25.0 Å². The molecule has 1 heterocycles. The summed E-state index contributed by atoms with van der Waals surface area (Å²) in [7, 11) is -3.92. The number of nitro benzene ring substituents is 1. The molecule has 1 fully saturated rings. The van der Waals surface area contributed by atoms with E-state index in [1.54, 1.807) is 0 Å². The molecule has 0 radical (unpaired) electrons. The molecule has 23 heavy (non-hydrogen) atoms. The van der Waals surface area contributed by atoms with E-state index < -0.39 is 27.0 Å². The number of anilines is 1. The minimum absolute atomic E-state index is 0.0393. The van der Waals surface area contributed by atoms with Crippen LogP contribution in [0.1, 0.15) is 19.8 Å². The maximum absolute atomic E-state index is 12.7. The number of aliphatic carboxylic acids is 1. The number of nitrogens with one attached hydrogen (secondary N) is 1. The molecule has 10 heteroatoms. The number of carbonyl (C=O) groups is 1. The van der Waals surface area contributed by atoms with Crippen molar-refractivity contribution >= 4 is 27.4 Å². The van der Waals surface area contributed by atoms with Crippen molar-refractivity contribution in [2.75, 3.05) is 18.4 Å². The van der Waals surface area contributed by atoms with Crippen molar-refractivity contribution in [2.24, 2.45) is 0 Å². The molecule has 0 unspecified atom stereocenters. The van der Waals surface area contributed by atoms with Crippen molar-refractivity contribution in [1.82, 2.24) is 4.31 Å². The van der Waals surface area contributed by atoms with E-state index in [4.69, 9.17) is 5.11 Å². The summed E-state index contributed by atoms with van der Waals surface area (Å²) in [5, 5.41) is 22.5. The van der Waals surface area contributed by atoms with Gasteiger partial charge in [-0.05, 0) is 25.8 Å². The first kappa shape index (κ1) is 17.2. The van der Waals surface area contributed by atoms with Gasteiger partial charge in [0.25, 0.3) is 5.69 Å². The Morgan fingerprint density at radius 1 is 1.39 bits per heavy atom. The van der Waals surface area contributed by atoms with Crippen LogP contribution in [0.5, 0.6) is 0 Å². The quantitative estimate of drug-likeness (QED) is 0.587. The van der Waals surface area contributed by atoms with E-state index in [9.17, 15) is 23.3 Å². The van der Waals surface area contributed by atoms with Crippen molar-refractivity contribution in [3.8, 4) is 0 Å². The van der Waals surface area contributed by atoms with Crippen molar-refractivity contribution in [3.05, 3.63) is 28.3 Å². The van der Waals surface area contributed by atoms with Gasteiger partial charge in [-0.3, -0.25) is 14.9 Å². The summed E-state index contributed by atoms with van der Waals surface area (Å²) in [4.78, 5) is 20.9. The second-order valence-corrected chi connectivity index (χ2v) is 7.16. The predicted molar refractivity (Wildman–Crippen MR) is 81.8 cm³/mol. The highest BCUT2D eigenvalue weighted by atomic mass is 32.2. The van der Waals surface area contributed by atoms with E-state index in [0.29, 0.717) is 13.1 Å². The average Bonchev–Trinajstić information content (AvgIpc) is 3.02. The van der Waals surface area contributed by atoms with Gasteiger partial charge < -0.3 is 10.4 Å². The summed E-state index contributed by atoms with van der Waals surface area (Å²) in [6.45, 7) is 2.05. The van der Waals surface area contributed by atoms with Crippen molar-refractivity contribution in [3.63, 3.8) is 0 Å². The van der Waals surface area contributed by atoms with Crippen LogP contribution in [0.3, 0.4) is 0 Å². The van der Waals surface area contributed by atoms with E-state index in [2.05, 4.69) is 5.32 Å². The summed E-state index contributed by atoms with van der Waals surface area (Å²) < 4.78 is 26.6. The monoisotopic (exact) mass is 343 g/mol. The van der Waals surface area contributed by atoms with E-state index >= 15 is 0 Å². The van der Waals surface area contributed by atoms with Crippen molar-refractivity contribution in [2.45, 2.75) is 30.7 Å². The number of benzene rings is 1. The molecule has 2 N–H and O–H groups in total. The number of hydrogen-bond donors (Lipinski definition) is 2. The number of carboxylic acids is 1. The summed E-state index contributed by atoms with van der Waals surface area (Å²) in [5.41, 5.74) is -0.325. The maximum Gasteiger partial charge on any atom is 0.325 e. The molecule has 0 bridgehead atoms. The third-order valence-electron chi connectivity index (χ3n) is 3.60. The average molecular weight is 343 g/mol. The maximum atomic E-state index is 12.7. The van der Waals surface area contributed by atoms with Crippen LogP contribution in [0.15, 0.2) is 23.1 Å². The Hall–Kier alpha value is -2.20. The van der Waals surface area contributed by atoms with Crippen molar-refractivity contribution in [1.29, 1.82) is 0 Å². The SMILES string of the molecule is C[C@@H](Nc1ccc([N+](=O)[O-])cc1S(=O)(=O)N1CCCC1)C(=O)O. The molecule has 0 aliphatic carbocycles. The van der Waals surface area contributed by atoms with Crippen LogP contribution < -0.4 is 5.32 Å². The number of hydrogen-bond acceptors (Lipinski definition) is 6. The van der Waals surface area contributed by atoms with Crippen LogP contribution in [0.4, 0.5) is 11.4 Å². The fourth-order valence-corrected chi connectivity index (χ4v) is 4.01. The second-order valence-electron chi connectivity index (χ2n) is 5.25. The zero-order valence-corrected chi connectivity index (χ0v) is 13.2. The summed E-state index contributed by atoms with van der Waals surface area (Å²) in [6, 6.07) is 2.29. The van der Waals surface area contributed by atoms with Gasteiger partial charge in [0, 0.05) is 25.2 Å². The molecule has 0 spiro atoms. The van der Waals surface area contributed by atoms with Gasteiger partial charge in [0.05, 0.1) is 10.6 Å². The molecule has 1 aliphatic rings. The van der Waals surface area contributed by atoms with E-state index in [1.807, 2.05) is 0 Å². The molecule has 0 aromatic heterocycles. The van der Waals surface area contributed by atoms with Crippen LogP contribution >= 0.6 is 0 Å².